The second-order valence-electron chi connectivity index (χ2n) is 5.48. The standard InChI is InChI=1S/C15H23NO2/c1-11-9-13(10-12(2)14(11)18-4)15(17)5-7-16(3)8-6-15/h9-10,17H,5-8H2,1-4H3. The van der Waals surface area contributed by atoms with E-state index in [0.29, 0.717) is 0 Å². The van der Waals surface area contributed by atoms with Crippen molar-refractivity contribution in [1.82, 2.24) is 4.90 Å². The average molecular weight is 249 g/mol. The molecule has 1 N–H and O–H groups in total. The third-order valence-corrected chi connectivity index (χ3v) is 4.02. The third-order valence-electron chi connectivity index (χ3n) is 4.02. The lowest BCUT2D eigenvalue weighted by Crippen LogP contribution is -2.40. The zero-order valence-electron chi connectivity index (χ0n) is 11.8. The van der Waals surface area contributed by atoms with Crippen LogP contribution >= 0.6 is 0 Å². The fraction of sp³-hybridized carbons (Fsp3) is 0.600. The van der Waals surface area contributed by atoms with Crippen molar-refractivity contribution in [1.29, 1.82) is 0 Å². The minimum absolute atomic E-state index is 0.672. The number of nitrogens with zero attached hydrogens (tertiary/aromatic N) is 1. The van der Waals surface area contributed by atoms with Crippen LogP contribution < -0.4 is 4.74 Å². The van der Waals surface area contributed by atoms with Crippen molar-refractivity contribution in [2.45, 2.75) is 32.3 Å². The van der Waals surface area contributed by atoms with Gasteiger partial charge in [0, 0.05) is 13.1 Å². The Hall–Kier alpha value is -1.06. The number of hydrogen-bond donors (Lipinski definition) is 1. The molecule has 100 valence electrons. The molecule has 0 unspecified atom stereocenters. The molecule has 0 amide bonds. The van der Waals surface area contributed by atoms with Crippen LogP contribution in [0.15, 0.2) is 12.1 Å². The van der Waals surface area contributed by atoms with Gasteiger partial charge in [0.25, 0.3) is 0 Å². The summed E-state index contributed by atoms with van der Waals surface area (Å²) < 4.78 is 5.38. The summed E-state index contributed by atoms with van der Waals surface area (Å²) in [7, 11) is 3.80. The Morgan fingerprint density at radius 3 is 2.11 bits per heavy atom. The van der Waals surface area contributed by atoms with Crippen molar-refractivity contribution in [3.8, 4) is 5.75 Å². The zero-order valence-corrected chi connectivity index (χ0v) is 11.8. The zero-order chi connectivity index (χ0) is 13.3. The minimum atomic E-state index is -0.672. The van der Waals surface area contributed by atoms with Gasteiger partial charge in [-0.2, -0.15) is 0 Å². The molecule has 0 aliphatic carbocycles. The van der Waals surface area contributed by atoms with Gasteiger partial charge in [0.2, 0.25) is 0 Å². The number of aryl methyl sites for hydroxylation is 2. The van der Waals surface area contributed by atoms with Crippen LogP contribution in [-0.4, -0.2) is 37.3 Å². The number of methoxy groups -OCH3 is 1. The second-order valence-corrected chi connectivity index (χ2v) is 5.48. The molecule has 0 atom stereocenters. The van der Waals surface area contributed by atoms with Crippen molar-refractivity contribution >= 4 is 0 Å². The van der Waals surface area contributed by atoms with Gasteiger partial charge in [-0.25, -0.2) is 0 Å². The largest absolute Gasteiger partial charge is 0.496 e. The summed E-state index contributed by atoms with van der Waals surface area (Å²) in [5.41, 5.74) is 2.56. The molecule has 0 spiro atoms. The first kappa shape index (κ1) is 13.4. The topological polar surface area (TPSA) is 32.7 Å². The van der Waals surface area contributed by atoms with E-state index in [4.69, 9.17) is 4.74 Å². The summed E-state index contributed by atoms with van der Waals surface area (Å²) in [5, 5.41) is 10.8. The molecule has 3 heteroatoms. The molecular weight excluding hydrogens is 226 g/mol. The molecule has 1 aromatic carbocycles. The van der Waals surface area contributed by atoms with E-state index in [2.05, 4.69) is 24.1 Å². The van der Waals surface area contributed by atoms with E-state index in [-0.39, 0.29) is 0 Å². The third kappa shape index (κ3) is 2.38. The minimum Gasteiger partial charge on any atom is -0.496 e. The van der Waals surface area contributed by atoms with Crippen LogP contribution in [0.1, 0.15) is 29.5 Å². The number of piperidine rings is 1. The van der Waals surface area contributed by atoms with Crippen molar-refractivity contribution < 1.29 is 9.84 Å². The Labute approximate surface area is 109 Å². The van der Waals surface area contributed by atoms with Gasteiger partial charge in [0.15, 0.2) is 0 Å². The molecule has 0 radical (unpaired) electrons. The molecule has 1 heterocycles. The molecule has 1 saturated heterocycles. The highest BCUT2D eigenvalue weighted by Crippen LogP contribution is 2.36. The molecule has 2 rings (SSSR count). The summed E-state index contributed by atoms with van der Waals surface area (Å²) in [6.07, 6.45) is 1.60. The second kappa shape index (κ2) is 4.90. The number of aliphatic hydroxyl groups is 1. The van der Waals surface area contributed by atoms with Gasteiger partial charge in [-0.05, 0) is 62.6 Å². The van der Waals surface area contributed by atoms with Gasteiger partial charge in [0.05, 0.1) is 12.7 Å². The molecule has 3 nitrogen and oxygen atoms in total. The SMILES string of the molecule is COc1c(C)cc(C2(O)CCN(C)CC2)cc1C. The van der Waals surface area contributed by atoms with Gasteiger partial charge in [-0.15, -0.1) is 0 Å². The van der Waals surface area contributed by atoms with Gasteiger partial charge in [0.1, 0.15) is 5.75 Å². The van der Waals surface area contributed by atoms with E-state index in [0.717, 1.165) is 48.4 Å². The molecule has 1 aromatic rings. The highest BCUT2D eigenvalue weighted by Gasteiger charge is 2.33. The van der Waals surface area contributed by atoms with Crippen molar-refractivity contribution in [3.63, 3.8) is 0 Å². The van der Waals surface area contributed by atoms with E-state index in [9.17, 15) is 5.11 Å². The van der Waals surface area contributed by atoms with Crippen LogP contribution in [0.3, 0.4) is 0 Å². The lowest BCUT2D eigenvalue weighted by molar-refractivity contribution is -0.0204. The molecule has 0 aromatic heterocycles. The van der Waals surface area contributed by atoms with Crippen molar-refractivity contribution in [2.75, 3.05) is 27.2 Å². The Morgan fingerprint density at radius 2 is 1.67 bits per heavy atom. The maximum atomic E-state index is 10.8. The highest BCUT2D eigenvalue weighted by atomic mass is 16.5. The maximum Gasteiger partial charge on any atom is 0.124 e. The van der Waals surface area contributed by atoms with Crippen LogP contribution in [0.2, 0.25) is 0 Å². The highest BCUT2D eigenvalue weighted by molar-refractivity contribution is 5.45. The Bertz CT molecular complexity index is 411. The van der Waals surface area contributed by atoms with E-state index in [1.54, 1.807) is 7.11 Å². The number of likely N-dealkylation sites (tertiary alicyclic amines) is 1. The molecule has 1 aliphatic heterocycles. The van der Waals surface area contributed by atoms with E-state index < -0.39 is 5.60 Å². The number of benzene rings is 1. The molecular formula is C15H23NO2. The van der Waals surface area contributed by atoms with E-state index in [1.165, 1.54) is 0 Å². The molecule has 0 saturated carbocycles. The van der Waals surface area contributed by atoms with Crippen LogP contribution in [-0.2, 0) is 5.60 Å². The van der Waals surface area contributed by atoms with Crippen LogP contribution in [0.4, 0.5) is 0 Å². The fourth-order valence-electron chi connectivity index (χ4n) is 2.82. The molecule has 1 aliphatic rings. The van der Waals surface area contributed by atoms with Crippen LogP contribution in [0.5, 0.6) is 5.75 Å². The Balaban J connectivity index is 2.34. The number of rotatable bonds is 2. The monoisotopic (exact) mass is 249 g/mol. The quantitative estimate of drug-likeness (QED) is 0.872. The first-order valence-corrected chi connectivity index (χ1v) is 6.53. The van der Waals surface area contributed by atoms with Gasteiger partial charge >= 0.3 is 0 Å². The predicted octanol–water partition coefficient (Wildman–Crippen LogP) is 2.23. The smallest absolute Gasteiger partial charge is 0.124 e. The van der Waals surface area contributed by atoms with Crippen molar-refractivity contribution in [3.05, 3.63) is 28.8 Å². The Kier molecular flexibility index (Phi) is 3.64. The van der Waals surface area contributed by atoms with Gasteiger partial charge in [-0.1, -0.05) is 0 Å². The lowest BCUT2D eigenvalue weighted by atomic mass is 9.83. The molecule has 1 fully saturated rings. The average Bonchev–Trinajstić information content (AvgIpc) is 2.33. The van der Waals surface area contributed by atoms with Crippen molar-refractivity contribution in [2.24, 2.45) is 0 Å². The lowest BCUT2D eigenvalue weighted by Gasteiger charge is -2.37. The molecule has 0 bridgehead atoms. The number of ether oxygens (including phenoxy) is 1. The summed E-state index contributed by atoms with van der Waals surface area (Å²) in [4.78, 5) is 2.26. The summed E-state index contributed by atoms with van der Waals surface area (Å²) in [6, 6.07) is 4.13. The summed E-state index contributed by atoms with van der Waals surface area (Å²) in [6.45, 7) is 5.96. The number of hydrogen-bond acceptors (Lipinski definition) is 3. The van der Waals surface area contributed by atoms with Crippen LogP contribution in [0, 0.1) is 13.8 Å². The maximum absolute atomic E-state index is 10.8. The first-order chi connectivity index (χ1) is 8.46. The van der Waals surface area contributed by atoms with E-state index >= 15 is 0 Å². The Morgan fingerprint density at radius 1 is 1.17 bits per heavy atom. The van der Waals surface area contributed by atoms with Gasteiger partial charge < -0.3 is 14.7 Å². The first-order valence-electron chi connectivity index (χ1n) is 6.53. The summed E-state index contributed by atoms with van der Waals surface area (Å²) >= 11 is 0. The fourth-order valence-corrected chi connectivity index (χ4v) is 2.82. The van der Waals surface area contributed by atoms with Gasteiger partial charge in [-0.3, -0.25) is 0 Å². The predicted molar refractivity (Wildman–Crippen MR) is 73.1 cm³/mol. The van der Waals surface area contributed by atoms with Crippen LogP contribution in [0.25, 0.3) is 0 Å². The summed E-state index contributed by atoms with van der Waals surface area (Å²) in [5.74, 6) is 0.926. The molecule has 18 heavy (non-hydrogen) atoms. The van der Waals surface area contributed by atoms with E-state index in [1.807, 2.05) is 13.8 Å². The normalized spacial score (nSPS) is 19.8.